The minimum Gasteiger partial charge on any atom is -0.0795 e. The van der Waals surface area contributed by atoms with Crippen LogP contribution in [0.15, 0.2) is 24.3 Å². The second-order valence-corrected chi connectivity index (χ2v) is 8.69. The highest BCUT2D eigenvalue weighted by Gasteiger charge is 2.05. The number of fused-ring (bicyclic) bond motifs is 1. The number of unbranched alkanes of at least 4 members (excludes halogenated alkanes) is 15. The molecule has 0 saturated heterocycles. The molecule has 0 spiro atoms. The molecule has 1 aliphatic carbocycles. The molecule has 2 rings (SSSR count). The predicted molar refractivity (Wildman–Crippen MR) is 122 cm³/mol. The van der Waals surface area contributed by atoms with E-state index in [1.54, 1.807) is 0 Å². The number of aryl methyl sites for hydroxylation is 1. The van der Waals surface area contributed by atoms with Crippen molar-refractivity contribution >= 4 is 6.08 Å². The lowest BCUT2D eigenvalue weighted by Gasteiger charge is -2.05. The first kappa shape index (κ1) is 22.3. The zero-order chi connectivity index (χ0) is 19.0. The Hall–Kier alpha value is -1.04. The van der Waals surface area contributed by atoms with E-state index >= 15 is 0 Å². The van der Waals surface area contributed by atoms with Crippen molar-refractivity contribution in [3.63, 3.8) is 0 Å². The third-order valence-electron chi connectivity index (χ3n) is 6.16. The van der Waals surface area contributed by atoms with Gasteiger partial charge in [0.05, 0.1) is 0 Å². The predicted octanol–water partition coefficient (Wildman–Crippen LogP) is 9.06. The summed E-state index contributed by atoms with van der Waals surface area (Å²) in [4.78, 5) is 0. The average Bonchev–Trinajstić information content (AvgIpc) is 3.15. The molecule has 1 aromatic rings. The molecular weight excluding hydrogens is 324 g/mol. The van der Waals surface area contributed by atoms with Crippen molar-refractivity contribution in [2.24, 2.45) is 0 Å². The lowest BCUT2D eigenvalue weighted by molar-refractivity contribution is 0.529. The number of benzene rings is 1. The molecular formula is C27H44. The molecule has 0 heterocycles. The van der Waals surface area contributed by atoms with Gasteiger partial charge in [-0.15, -0.1) is 0 Å². The topological polar surface area (TPSA) is 0 Å². The van der Waals surface area contributed by atoms with Crippen LogP contribution in [0.2, 0.25) is 0 Å². The Morgan fingerprint density at radius 2 is 1.15 bits per heavy atom. The maximum atomic E-state index is 2.41. The molecule has 27 heavy (non-hydrogen) atoms. The Bertz CT molecular complexity index is 511. The first-order chi connectivity index (χ1) is 13.4. The quantitative estimate of drug-likeness (QED) is 0.240. The minimum atomic E-state index is 1.13. The third-order valence-corrected chi connectivity index (χ3v) is 6.16. The summed E-state index contributed by atoms with van der Waals surface area (Å²) in [5, 5.41) is 0. The summed E-state index contributed by atoms with van der Waals surface area (Å²) < 4.78 is 0. The molecule has 1 aromatic carbocycles. The smallest absolute Gasteiger partial charge is 0.00882 e. The van der Waals surface area contributed by atoms with Crippen LogP contribution in [-0.2, 0) is 12.8 Å². The largest absolute Gasteiger partial charge is 0.0795 e. The Kier molecular flexibility index (Phi) is 12.3. The van der Waals surface area contributed by atoms with E-state index in [1.165, 1.54) is 126 Å². The SMILES string of the molecule is CCCCCCCCCCCCCCCCCCc1ccc2c(c1)C=CC2. The van der Waals surface area contributed by atoms with Crippen LogP contribution in [0.4, 0.5) is 0 Å². The van der Waals surface area contributed by atoms with Crippen molar-refractivity contribution in [1.29, 1.82) is 0 Å². The Morgan fingerprint density at radius 3 is 1.70 bits per heavy atom. The summed E-state index contributed by atoms with van der Waals surface area (Å²) in [6.07, 6.45) is 30.1. The van der Waals surface area contributed by atoms with Gasteiger partial charge in [-0.3, -0.25) is 0 Å². The van der Waals surface area contributed by atoms with Crippen LogP contribution in [0.3, 0.4) is 0 Å². The molecule has 0 radical (unpaired) electrons. The van der Waals surface area contributed by atoms with Gasteiger partial charge < -0.3 is 0 Å². The molecule has 0 aromatic heterocycles. The van der Waals surface area contributed by atoms with Crippen LogP contribution in [0.5, 0.6) is 0 Å². The van der Waals surface area contributed by atoms with Gasteiger partial charge in [0.25, 0.3) is 0 Å². The van der Waals surface area contributed by atoms with E-state index < -0.39 is 0 Å². The summed E-state index contributed by atoms with van der Waals surface area (Å²) in [7, 11) is 0. The maximum Gasteiger partial charge on any atom is -0.00882 e. The van der Waals surface area contributed by atoms with Crippen molar-refractivity contribution in [3.8, 4) is 0 Å². The molecule has 0 aliphatic heterocycles. The van der Waals surface area contributed by atoms with Gasteiger partial charge in [-0.2, -0.15) is 0 Å². The van der Waals surface area contributed by atoms with E-state index in [0.717, 1.165) is 6.42 Å². The number of rotatable bonds is 17. The van der Waals surface area contributed by atoms with E-state index in [9.17, 15) is 0 Å². The molecule has 0 heteroatoms. The summed E-state index contributed by atoms with van der Waals surface area (Å²) in [5.74, 6) is 0. The van der Waals surface area contributed by atoms with Crippen LogP contribution < -0.4 is 0 Å². The van der Waals surface area contributed by atoms with Gasteiger partial charge in [-0.1, -0.05) is 134 Å². The average molecular weight is 369 g/mol. The molecule has 0 N–H and O–H groups in total. The molecule has 0 unspecified atom stereocenters. The Labute approximate surface area is 169 Å². The highest BCUT2D eigenvalue weighted by atomic mass is 14.1. The van der Waals surface area contributed by atoms with Crippen molar-refractivity contribution in [2.75, 3.05) is 0 Å². The number of hydrogen-bond acceptors (Lipinski definition) is 0. The molecule has 0 fully saturated rings. The number of hydrogen-bond donors (Lipinski definition) is 0. The molecule has 0 bridgehead atoms. The third kappa shape index (κ3) is 10.2. The molecule has 152 valence electrons. The molecule has 0 atom stereocenters. The van der Waals surface area contributed by atoms with Crippen molar-refractivity contribution < 1.29 is 0 Å². The van der Waals surface area contributed by atoms with E-state index in [0.29, 0.717) is 0 Å². The zero-order valence-corrected chi connectivity index (χ0v) is 18.1. The van der Waals surface area contributed by atoms with E-state index in [2.05, 4.69) is 37.3 Å². The van der Waals surface area contributed by atoms with E-state index in [-0.39, 0.29) is 0 Å². The van der Waals surface area contributed by atoms with Crippen molar-refractivity contribution in [2.45, 2.75) is 122 Å². The Balaban J connectivity index is 1.31. The first-order valence-electron chi connectivity index (χ1n) is 12.2. The summed E-state index contributed by atoms with van der Waals surface area (Å²) in [6, 6.07) is 7.08. The van der Waals surface area contributed by atoms with Gasteiger partial charge in [0.15, 0.2) is 0 Å². The monoisotopic (exact) mass is 368 g/mol. The zero-order valence-electron chi connectivity index (χ0n) is 18.1. The van der Waals surface area contributed by atoms with Gasteiger partial charge in [-0.25, -0.2) is 0 Å². The lowest BCUT2D eigenvalue weighted by atomic mass is 10.0. The summed E-state index contributed by atoms with van der Waals surface area (Å²) >= 11 is 0. The van der Waals surface area contributed by atoms with Crippen LogP contribution in [0, 0.1) is 0 Å². The van der Waals surface area contributed by atoms with Crippen LogP contribution in [0.25, 0.3) is 6.08 Å². The second-order valence-electron chi connectivity index (χ2n) is 8.69. The maximum absolute atomic E-state index is 2.41. The van der Waals surface area contributed by atoms with E-state index in [4.69, 9.17) is 0 Å². The van der Waals surface area contributed by atoms with Crippen LogP contribution in [0.1, 0.15) is 126 Å². The molecule has 1 aliphatic rings. The van der Waals surface area contributed by atoms with Gasteiger partial charge in [0.2, 0.25) is 0 Å². The van der Waals surface area contributed by atoms with Crippen molar-refractivity contribution in [1.82, 2.24) is 0 Å². The summed E-state index contributed by atoms with van der Waals surface area (Å²) in [6.45, 7) is 2.30. The van der Waals surface area contributed by atoms with Gasteiger partial charge in [0, 0.05) is 0 Å². The van der Waals surface area contributed by atoms with Crippen LogP contribution >= 0.6 is 0 Å². The van der Waals surface area contributed by atoms with Gasteiger partial charge in [-0.05, 0) is 36.0 Å². The first-order valence-corrected chi connectivity index (χ1v) is 12.2. The highest BCUT2D eigenvalue weighted by Crippen LogP contribution is 2.22. The van der Waals surface area contributed by atoms with E-state index in [1.807, 2.05) is 0 Å². The van der Waals surface area contributed by atoms with Gasteiger partial charge in [0.1, 0.15) is 0 Å². The lowest BCUT2D eigenvalue weighted by Crippen LogP contribution is -1.89. The number of allylic oxidation sites excluding steroid dienone is 1. The molecule has 0 amide bonds. The van der Waals surface area contributed by atoms with Crippen LogP contribution in [-0.4, -0.2) is 0 Å². The summed E-state index contributed by atoms with van der Waals surface area (Å²) in [5.41, 5.74) is 4.50. The highest BCUT2D eigenvalue weighted by molar-refractivity contribution is 5.60. The fourth-order valence-corrected chi connectivity index (χ4v) is 4.33. The second kappa shape index (κ2) is 14.9. The normalized spacial score (nSPS) is 12.6. The fraction of sp³-hybridized carbons (Fsp3) is 0.704. The van der Waals surface area contributed by atoms with Crippen molar-refractivity contribution in [3.05, 3.63) is 41.0 Å². The molecule has 0 saturated carbocycles. The molecule has 0 nitrogen and oxygen atoms in total. The minimum absolute atomic E-state index is 1.13. The Morgan fingerprint density at radius 1 is 0.630 bits per heavy atom. The van der Waals surface area contributed by atoms with Gasteiger partial charge >= 0.3 is 0 Å². The fourth-order valence-electron chi connectivity index (χ4n) is 4.33. The standard InChI is InChI=1S/C27H44/c1-2-3-4-5-6-7-8-9-10-11-12-13-14-15-16-17-19-25-22-23-26-20-18-21-27(26)24-25/h18,21-24H,2-17,19-20H2,1H3.